The first-order valence-electron chi connectivity index (χ1n) is 8.48. The van der Waals surface area contributed by atoms with Crippen LogP contribution >= 0.6 is 0 Å². The minimum atomic E-state index is -1.38. The highest BCUT2D eigenvalue weighted by atomic mass is 19.1. The molecule has 0 radical (unpaired) electrons. The van der Waals surface area contributed by atoms with E-state index < -0.39 is 29.1 Å². The van der Waals surface area contributed by atoms with E-state index in [2.05, 4.69) is 10.6 Å². The fourth-order valence-electron chi connectivity index (χ4n) is 2.59. The second-order valence-corrected chi connectivity index (χ2v) is 6.38. The zero-order valence-corrected chi connectivity index (χ0v) is 15.1. The van der Waals surface area contributed by atoms with Gasteiger partial charge in [-0.2, -0.15) is 0 Å². The fraction of sp³-hybridized carbons (Fsp3) is 0.250. The summed E-state index contributed by atoms with van der Waals surface area (Å²) < 4.78 is 12.9. The van der Waals surface area contributed by atoms with Crippen molar-refractivity contribution in [3.63, 3.8) is 0 Å². The van der Waals surface area contributed by atoms with Crippen LogP contribution in [0.5, 0.6) is 0 Å². The molecule has 1 unspecified atom stereocenters. The van der Waals surface area contributed by atoms with Crippen LogP contribution in [0.2, 0.25) is 0 Å². The van der Waals surface area contributed by atoms with Crippen molar-refractivity contribution in [3.8, 4) is 0 Å². The van der Waals surface area contributed by atoms with Gasteiger partial charge in [0.05, 0.1) is 0 Å². The Morgan fingerprint density at radius 3 is 2.30 bits per heavy atom. The number of benzene rings is 2. The third kappa shape index (κ3) is 5.13. The van der Waals surface area contributed by atoms with E-state index in [4.69, 9.17) is 0 Å². The van der Waals surface area contributed by atoms with Crippen LogP contribution in [-0.2, 0) is 4.79 Å². The normalized spacial score (nSPS) is 12.7. The van der Waals surface area contributed by atoms with Crippen LogP contribution in [0.3, 0.4) is 0 Å². The molecular weight excluding hydrogens is 351 g/mol. The number of carboxylic acids is 1. The zero-order chi connectivity index (χ0) is 20.0. The standard InChI is InChI=1S/C20H21FN2O4/c1-3-11-20(2,19(26)27)23-18(25)14-5-4-6-16(12-14)22-17(24)13-7-9-15(21)10-8-13/h4-10,12H,3,11H2,1-2H3,(H,22,24)(H,23,25)(H,26,27). The lowest BCUT2D eigenvalue weighted by Gasteiger charge is -2.25. The van der Waals surface area contributed by atoms with Gasteiger partial charge in [0.25, 0.3) is 11.8 Å². The quantitative estimate of drug-likeness (QED) is 0.694. The highest BCUT2D eigenvalue weighted by molar-refractivity contribution is 6.05. The van der Waals surface area contributed by atoms with Gasteiger partial charge in [-0.25, -0.2) is 9.18 Å². The van der Waals surface area contributed by atoms with Crippen LogP contribution in [0.25, 0.3) is 0 Å². The molecule has 1 atom stereocenters. The Morgan fingerprint density at radius 2 is 1.70 bits per heavy atom. The summed E-state index contributed by atoms with van der Waals surface area (Å²) in [7, 11) is 0. The minimum absolute atomic E-state index is 0.218. The summed E-state index contributed by atoms with van der Waals surface area (Å²) in [6.07, 6.45) is 0.881. The summed E-state index contributed by atoms with van der Waals surface area (Å²) in [5.41, 5.74) is -0.522. The Hall–Kier alpha value is -3.22. The number of carbonyl (C=O) groups excluding carboxylic acids is 2. The van der Waals surface area contributed by atoms with Crippen molar-refractivity contribution >= 4 is 23.5 Å². The van der Waals surface area contributed by atoms with E-state index in [0.29, 0.717) is 12.1 Å². The maximum atomic E-state index is 12.9. The van der Waals surface area contributed by atoms with Gasteiger partial charge in [-0.1, -0.05) is 19.4 Å². The molecule has 0 bridgehead atoms. The molecule has 0 heterocycles. The van der Waals surface area contributed by atoms with Crippen molar-refractivity contribution in [1.82, 2.24) is 5.32 Å². The highest BCUT2D eigenvalue weighted by Crippen LogP contribution is 2.17. The van der Waals surface area contributed by atoms with Crippen LogP contribution in [0.15, 0.2) is 48.5 Å². The average molecular weight is 372 g/mol. The largest absolute Gasteiger partial charge is 0.480 e. The number of hydrogen-bond donors (Lipinski definition) is 3. The fourth-order valence-corrected chi connectivity index (χ4v) is 2.59. The lowest BCUT2D eigenvalue weighted by Crippen LogP contribution is -2.52. The minimum Gasteiger partial charge on any atom is -0.480 e. The lowest BCUT2D eigenvalue weighted by atomic mass is 9.95. The number of amides is 2. The smallest absolute Gasteiger partial charge is 0.329 e. The van der Waals surface area contributed by atoms with Gasteiger partial charge in [0, 0.05) is 16.8 Å². The predicted molar refractivity (Wildman–Crippen MR) is 99.2 cm³/mol. The summed E-state index contributed by atoms with van der Waals surface area (Å²) >= 11 is 0. The molecule has 6 nitrogen and oxygen atoms in total. The number of carbonyl (C=O) groups is 3. The number of anilines is 1. The Bertz CT molecular complexity index is 851. The Kier molecular flexibility index (Phi) is 6.28. The predicted octanol–water partition coefficient (Wildman–Crippen LogP) is 3.45. The average Bonchev–Trinajstić information content (AvgIpc) is 2.62. The number of nitrogens with one attached hydrogen (secondary N) is 2. The third-order valence-electron chi connectivity index (χ3n) is 4.10. The maximum absolute atomic E-state index is 12.9. The molecule has 2 aromatic carbocycles. The molecule has 2 aromatic rings. The van der Waals surface area contributed by atoms with Crippen LogP contribution in [0, 0.1) is 5.82 Å². The van der Waals surface area contributed by atoms with Gasteiger partial charge < -0.3 is 15.7 Å². The van der Waals surface area contributed by atoms with Crippen LogP contribution in [0.1, 0.15) is 47.4 Å². The zero-order valence-electron chi connectivity index (χ0n) is 15.1. The molecule has 0 saturated heterocycles. The molecule has 0 saturated carbocycles. The van der Waals surface area contributed by atoms with E-state index in [1.54, 1.807) is 12.1 Å². The molecule has 0 fully saturated rings. The number of hydrogen-bond acceptors (Lipinski definition) is 3. The molecule has 2 rings (SSSR count). The van der Waals surface area contributed by atoms with E-state index in [1.807, 2.05) is 6.92 Å². The van der Waals surface area contributed by atoms with Gasteiger partial charge in [-0.15, -0.1) is 0 Å². The van der Waals surface area contributed by atoms with Gasteiger partial charge >= 0.3 is 5.97 Å². The molecule has 0 aromatic heterocycles. The molecule has 2 amide bonds. The monoisotopic (exact) mass is 372 g/mol. The van der Waals surface area contributed by atoms with Crippen LogP contribution < -0.4 is 10.6 Å². The third-order valence-corrected chi connectivity index (χ3v) is 4.10. The molecule has 7 heteroatoms. The topological polar surface area (TPSA) is 95.5 Å². The molecule has 0 spiro atoms. The molecule has 0 aliphatic rings. The van der Waals surface area contributed by atoms with Crippen LogP contribution in [-0.4, -0.2) is 28.4 Å². The second kappa shape index (κ2) is 8.44. The second-order valence-electron chi connectivity index (χ2n) is 6.38. The van der Waals surface area contributed by atoms with Gasteiger partial charge in [0.2, 0.25) is 0 Å². The molecule has 3 N–H and O–H groups in total. The summed E-state index contributed by atoms with van der Waals surface area (Å²) in [4.78, 5) is 36.1. The molecule has 0 aliphatic carbocycles. The molecular formula is C20H21FN2O4. The van der Waals surface area contributed by atoms with E-state index in [9.17, 15) is 23.9 Å². The van der Waals surface area contributed by atoms with Gasteiger partial charge in [0.1, 0.15) is 11.4 Å². The number of halogens is 1. The van der Waals surface area contributed by atoms with Gasteiger partial charge in [0.15, 0.2) is 0 Å². The van der Waals surface area contributed by atoms with Crippen molar-refractivity contribution in [2.45, 2.75) is 32.2 Å². The summed E-state index contributed by atoms with van der Waals surface area (Å²) in [5.74, 6) is -2.56. The highest BCUT2D eigenvalue weighted by Gasteiger charge is 2.34. The van der Waals surface area contributed by atoms with Crippen molar-refractivity contribution in [3.05, 3.63) is 65.5 Å². The SMILES string of the molecule is CCCC(C)(NC(=O)c1cccc(NC(=O)c2ccc(F)cc2)c1)C(=O)O. The van der Waals surface area contributed by atoms with E-state index >= 15 is 0 Å². The first-order valence-corrected chi connectivity index (χ1v) is 8.48. The summed E-state index contributed by atoms with van der Waals surface area (Å²) in [6, 6.07) is 11.2. The van der Waals surface area contributed by atoms with Crippen molar-refractivity contribution in [2.24, 2.45) is 0 Å². The number of aliphatic carboxylic acids is 1. The Morgan fingerprint density at radius 1 is 1.04 bits per heavy atom. The van der Waals surface area contributed by atoms with Crippen molar-refractivity contribution in [1.29, 1.82) is 0 Å². The van der Waals surface area contributed by atoms with E-state index in [-0.39, 0.29) is 17.5 Å². The van der Waals surface area contributed by atoms with E-state index in [0.717, 1.165) is 0 Å². The van der Waals surface area contributed by atoms with Gasteiger partial charge in [-0.05, 0) is 55.8 Å². The summed E-state index contributed by atoms with van der Waals surface area (Å²) in [6.45, 7) is 3.29. The number of rotatable bonds is 7. The Labute approximate surface area is 156 Å². The first-order chi connectivity index (χ1) is 12.7. The summed E-state index contributed by atoms with van der Waals surface area (Å²) in [5, 5.41) is 14.5. The molecule has 142 valence electrons. The first kappa shape index (κ1) is 20.1. The maximum Gasteiger partial charge on any atom is 0.329 e. The van der Waals surface area contributed by atoms with Gasteiger partial charge in [-0.3, -0.25) is 9.59 Å². The number of carboxylic acid groups (broad SMARTS) is 1. The van der Waals surface area contributed by atoms with Crippen molar-refractivity contribution in [2.75, 3.05) is 5.32 Å². The van der Waals surface area contributed by atoms with Crippen LogP contribution in [0.4, 0.5) is 10.1 Å². The lowest BCUT2D eigenvalue weighted by molar-refractivity contribution is -0.144. The van der Waals surface area contributed by atoms with Crippen molar-refractivity contribution < 1.29 is 23.9 Å². The van der Waals surface area contributed by atoms with E-state index in [1.165, 1.54) is 43.3 Å². The Balaban J connectivity index is 2.14. The molecule has 0 aliphatic heterocycles. The molecule has 27 heavy (non-hydrogen) atoms.